The van der Waals surface area contributed by atoms with Crippen LogP contribution >= 0.6 is 0 Å². The quantitative estimate of drug-likeness (QED) is 0.822. The summed E-state index contributed by atoms with van der Waals surface area (Å²) in [6.07, 6.45) is -3.72. The fourth-order valence-corrected chi connectivity index (χ4v) is 1.78. The fraction of sp³-hybridized carbons (Fsp3) is 0.400. The molecule has 0 fully saturated rings. The van der Waals surface area contributed by atoms with Gasteiger partial charge >= 0.3 is 6.18 Å². The molecule has 0 aliphatic carbocycles. The predicted molar refractivity (Wildman–Crippen MR) is 60.2 cm³/mol. The van der Waals surface area contributed by atoms with Crippen LogP contribution in [0.15, 0.2) is 11.0 Å². The van der Waals surface area contributed by atoms with Crippen LogP contribution < -0.4 is 11.3 Å². The highest BCUT2D eigenvalue weighted by Gasteiger charge is 2.36. The first-order chi connectivity index (χ1) is 8.21. The van der Waals surface area contributed by atoms with Gasteiger partial charge in [-0.15, -0.1) is 0 Å². The number of nitrogens with two attached hydrogens (primary N) is 1. The smallest absolute Gasteiger partial charge is 0.369 e. The molecule has 2 rings (SSSR count). The van der Waals surface area contributed by atoms with E-state index >= 15 is 0 Å². The minimum atomic E-state index is -4.61. The topological polar surface area (TPSA) is 76.7 Å². The Morgan fingerprint density at radius 3 is 2.56 bits per heavy atom. The van der Waals surface area contributed by atoms with Crippen molar-refractivity contribution in [1.29, 1.82) is 0 Å². The molecule has 0 atom stereocenters. The summed E-state index contributed by atoms with van der Waals surface area (Å²) in [5.74, 6) is -0.207. The normalized spacial score (nSPS) is 12.6. The number of aromatic nitrogens is 3. The number of H-pyrrole nitrogens is 1. The third kappa shape index (κ3) is 1.83. The van der Waals surface area contributed by atoms with E-state index in [1.807, 2.05) is 0 Å². The Morgan fingerprint density at radius 2 is 2.06 bits per heavy atom. The summed E-state index contributed by atoms with van der Waals surface area (Å²) in [6, 6.07) is -0.266. The first kappa shape index (κ1) is 12.5. The molecule has 3 N–H and O–H groups in total. The van der Waals surface area contributed by atoms with Gasteiger partial charge in [0, 0.05) is 12.2 Å². The van der Waals surface area contributed by atoms with Gasteiger partial charge in [-0.1, -0.05) is 0 Å². The zero-order valence-corrected chi connectivity index (χ0v) is 9.67. The van der Waals surface area contributed by atoms with Crippen molar-refractivity contribution >= 4 is 17.0 Å². The molecular formula is C10H11F3N4O. The molecule has 0 aliphatic rings. The van der Waals surface area contributed by atoms with Gasteiger partial charge in [0.05, 0.1) is 10.9 Å². The van der Waals surface area contributed by atoms with Crippen molar-refractivity contribution in [3.8, 4) is 0 Å². The average molecular weight is 260 g/mol. The largest absolute Gasteiger partial charge is 0.418 e. The molecule has 98 valence electrons. The summed E-state index contributed by atoms with van der Waals surface area (Å²) < 4.78 is 39.8. The molecule has 0 aromatic carbocycles. The van der Waals surface area contributed by atoms with Gasteiger partial charge in [0.15, 0.2) is 0 Å². The molecule has 2 aromatic heterocycles. The number of fused-ring (bicyclic) bond motifs is 1. The first-order valence-electron chi connectivity index (χ1n) is 5.19. The van der Waals surface area contributed by atoms with Crippen LogP contribution in [0.25, 0.3) is 11.0 Å². The molecule has 0 saturated heterocycles. The van der Waals surface area contributed by atoms with Crippen LogP contribution in [0.5, 0.6) is 0 Å². The zero-order chi connectivity index (χ0) is 13.7. The van der Waals surface area contributed by atoms with Gasteiger partial charge in [-0.05, 0) is 13.8 Å². The van der Waals surface area contributed by atoms with E-state index in [9.17, 15) is 18.0 Å². The van der Waals surface area contributed by atoms with Crippen LogP contribution in [-0.2, 0) is 6.18 Å². The van der Waals surface area contributed by atoms with Crippen LogP contribution in [0.1, 0.15) is 25.5 Å². The Hall–Kier alpha value is -1.99. The Labute approximate surface area is 99.4 Å². The highest BCUT2D eigenvalue weighted by Crippen LogP contribution is 2.35. The molecule has 0 aliphatic heterocycles. The first-order valence-corrected chi connectivity index (χ1v) is 5.19. The summed E-state index contributed by atoms with van der Waals surface area (Å²) in [5.41, 5.74) is 3.41. The summed E-state index contributed by atoms with van der Waals surface area (Å²) >= 11 is 0. The third-order valence-corrected chi connectivity index (χ3v) is 2.56. The number of hydrogen-bond acceptors (Lipinski definition) is 3. The van der Waals surface area contributed by atoms with Gasteiger partial charge in [0.25, 0.3) is 5.56 Å². The average Bonchev–Trinajstić information content (AvgIpc) is 2.56. The van der Waals surface area contributed by atoms with E-state index in [-0.39, 0.29) is 17.6 Å². The number of nitrogens with one attached hydrogen (secondary N) is 1. The molecule has 0 amide bonds. The number of aromatic amines is 1. The zero-order valence-electron chi connectivity index (χ0n) is 9.67. The number of alkyl halides is 3. The van der Waals surface area contributed by atoms with Crippen LogP contribution in [0.4, 0.5) is 19.1 Å². The lowest BCUT2D eigenvalue weighted by molar-refractivity contribution is -0.136. The van der Waals surface area contributed by atoms with Crippen molar-refractivity contribution in [3.05, 3.63) is 22.1 Å². The Morgan fingerprint density at radius 1 is 1.44 bits per heavy atom. The van der Waals surface area contributed by atoms with Crippen molar-refractivity contribution in [2.75, 3.05) is 5.73 Å². The summed E-state index contributed by atoms with van der Waals surface area (Å²) in [6.45, 7) is 3.39. The Bertz CT molecular complexity index is 653. The van der Waals surface area contributed by atoms with Gasteiger partial charge in [0.1, 0.15) is 5.65 Å². The third-order valence-electron chi connectivity index (χ3n) is 2.56. The van der Waals surface area contributed by atoms with Crippen LogP contribution in [0.3, 0.4) is 0 Å². The summed E-state index contributed by atoms with van der Waals surface area (Å²) in [4.78, 5) is 17.5. The SMILES string of the molecule is CC(C)n1cc(C(F)(F)F)c2c(=O)[nH]c(N)nc21. The van der Waals surface area contributed by atoms with Crippen LogP contribution in [0, 0.1) is 0 Å². The predicted octanol–water partition coefficient (Wildman–Crippen LogP) is 1.91. The maximum absolute atomic E-state index is 12.8. The van der Waals surface area contributed by atoms with Gasteiger partial charge < -0.3 is 10.3 Å². The minimum absolute atomic E-state index is 0.0569. The lowest BCUT2D eigenvalue weighted by atomic mass is 10.2. The van der Waals surface area contributed by atoms with Gasteiger partial charge in [0.2, 0.25) is 5.95 Å². The highest BCUT2D eigenvalue weighted by atomic mass is 19.4. The van der Waals surface area contributed by atoms with E-state index in [0.29, 0.717) is 0 Å². The second-order valence-electron chi connectivity index (χ2n) is 4.19. The van der Waals surface area contributed by atoms with Gasteiger partial charge in [-0.2, -0.15) is 18.2 Å². The fourth-order valence-electron chi connectivity index (χ4n) is 1.78. The second-order valence-corrected chi connectivity index (χ2v) is 4.19. The molecule has 8 heteroatoms. The van der Waals surface area contributed by atoms with Crippen molar-refractivity contribution in [1.82, 2.24) is 14.5 Å². The van der Waals surface area contributed by atoms with Crippen LogP contribution in [-0.4, -0.2) is 14.5 Å². The van der Waals surface area contributed by atoms with Crippen molar-refractivity contribution < 1.29 is 13.2 Å². The Balaban J connectivity index is 2.95. The minimum Gasteiger partial charge on any atom is -0.369 e. The monoisotopic (exact) mass is 260 g/mol. The van der Waals surface area contributed by atoms with E-state index in [1.54, 1.807) is 13.8 Å². The lowest BCUT2D eigenvalue weighted by Crippen LogP contribution is -2.15. The summed E-state index contributed by atoms with van der Waals surface area (Å²) in [7, 11) is 0. The standard InChI is InChI=1S/C10H11F3N4O/c1-4(2)17-3-5(10(11,12)13)6-7(17)15-9(14)16-8(6)18/h3-4H,1-2H3,(H3,14,15,16,18). The molecule has 2 aromatic rings. The maximum Gasteiger partial charge on any atom is 0.418 e. The molecule has 0 bridgehead atoms. The molecule has 0 unspecified atom stereocenters. The van der Waals surface area contributed by atoms with E-state index in [2.05, 4.69) is 9.97 Å². The molecule has 5 nitrogen and oxygen atoms in total. The van der Waals surface area contributed by atoms with Crippen molar-refractivity contribution in [2.45, 2.75) is 26.1 Å². The Kier molecular flexibility index (Phi) is 2.60. The highest BCUT2D eigenvalue weighted by molar-refractivity contribution is 5.81. The van der Waals surface area contributed by atoms with Gasteiger partial charge in [-0.3, -0.25) is 9.78 Å². The molecule has 0 spiro atoms. The maximum atomic E-state index is 12.8. The number of hydrogen-bond donors (Lipinski definition) is 2. The second kappa shape index (κ2) is 3.76. The van der Waals surface area contributed by atoms with Crippen LogP contribution in [0.2, 0.25) is 0 Å². The molecule has 0 saturated carbocycles. The molecule has 2 heterocycles. The van der Waals surface area contributed by atoms with E-state index < -0.39 is 22.7 Å². The van der Waals surface area contributed by atoms with E-state index in [1.165, 1.54) is 4.57 Å². The number of nitrogens with zero attached hydrogens (tertiary/aromatic N) is 2. The lowest BCUT2D eigenvalue weighted by Gasteiger charge is -2.07. The van der Waals surface area contributed by atoms with Crippen molar-refractivity contribution in [2.24, 2.45) is 0 Å². The van der Waals surface area contributed by atoms with E-state index in [4.69, 9.17) is 5.73 Å². The molecule has 0 radical (unpaired) electrons. The number of anilines is 1. The van der Waals surface area contributed by atoms with Crippen molar-refractivity contribution in [3.63, 3.8) is 0 Å². The number of rotatable bonds is 1. The number of halogens is 3. The molecule has 18 heavy (non-hydrogen) atoms. The summed E-state index contributed by atoms with van der Waals surface area (Å²) in [5, 5.41) is -0.481. The number of nitrogen functional groups attached to an aromatic ring is 1. The van der Waals surface area contributed by atoms with E-state index in [0.717, 1.165) is 6.20 Å². The molecular weight excluding hydrogens is 249 g/mol. The van der Waals surface area contributed by atoms with Gasteiger partial charge in [-0.25, -0.2) is 0 Å².